The highest BCUT2D eigenvalue weighted by Gasteiger charge is 2.34. The van der Waals surface area contributed by atoms with E-state index < -0.39 is 0 Å². The summed E-state index contributed by atoms with van der Waals surface area (Å²) in [7, 11) is 0. The second-order valence-corrected chi connectivity index (χ2v) is 8.50. The maximum absolute atomic E-state index is 13.1. The molecule has 3 amide bonds. The van der Waals surface area contributed by atoms with Gasteiger partial charge in [0.2, 0.25) is 5.91 Å². The molecule has 0 bridgehead atoms. The van der Waals surface area contributed by atoms with E-state index in [0.717, 1.165) is 23.4 Å². The third-order valence-corrected chi connectivity index (χ3v) is 6.06. The van der Waals surface area contributed by atoms with Gasteiger partial charge in [0.15, 0.2) is 0 Å². The number of imide groups is 1. The van der Waals surface area contributed by atoms with Gasteiger partial charge in [-0.05, 0) is 56.5 Å². The lowest BCUT2D eigenvalue weighted by Crippen LogP contribution is -2.30. The van der Waals surface area contributed by atoms with Crippen LogP contribution in [-0.2, 0) is 11.3 Å². The molecule has 0 aliphatic carbocycles. The van der Waals surface area contributed by atoms with Crippen molar-refractivity contribution < 1.29 is 18.8 Å². The van der Waals surface area contributed by atoms with E-state index in [1.165, 1.54) is 17.0 Å². The summed E-state index contributed by atoms with van der Waals surface area (Å²) < 4.78 is 14.9. The van der Waals surface area contributed by atoms with Crippen LogP contribution in [0.3, 0.4) is 0 Å². The Balaban J connectivity index is 1.23. The van der Waals surface area contributed by atoms with E-state index in [1.54, 1.807) is 41.1 Å². The molecule has 0 saturated carbocycles. The van der Waals surface area contributed by atoms with Crippen molar-refractivity contribution in [1.29, 1.82) is 0 Å². The standard InChI is InChI=1S/C26H27FN4O3/c1-17-24(18(2)31(29-17)16-19-11-13-20(27)14-12-19)28-23(32)10-4-3-7-15-30-25(33)21-8-5-6-9-22(21)26(30)34/h5-6,8-9,11-14H,3-4,7,10,15-16H2,1-2H3,(H,28,32). The summed E-state index contributed by atoms with van der Waals surface area (Å²) in [5.74, 6) is -0.883. The topological polar surface area (TPSA) is 84.3 Å². The second kappa shape index (κ2) is 9.99. The van der Waals surface area contributed by atoms with Gasteiger partial charge in [-0.1, -0.05) is 30.7 Å². The highest BCUT2D eigenvalue weighted by molar-refractivity contribution is 6.21. The van der Waals surface area contributed by atoms with Gasteiger partial charge in [-0.3, -0.25) is 24.0 Å². The van der Waals surface area contributed by atoms with Crippen molar-refractivity contribution in [2.24, 2.45) is 0 Å². The van der Waals surface area contributed by atoms with E-state index in [0.29, 0.717) is 49.2 Å². The monoisotopic (exact) mass is 462 g/mol. The van der Waals surface area contributed by atoms with Gasteiger partial charge >= 0.3 is 0 Å². The number of hydrogen-bond donors (Lipinski definition) is 1. The molecular weight excluding hydrogens is 435 g/mol. The third-order valence-electron chi connectivity index (χ3n) is 6.06. The van der Waals surface area contributed by atoms with E-state index >= 15 is 0 Å². The molecule has 0 unspecified atom stereocenters. The molecule has 3 aromatic rings. The highest BCUT2D eigenvalue weighted by Crippen LogP contribution is 2.23. The third kappa shape index (κ3) is 4.90. The largest absolute Gasteiger partial charge is 0.323 e. The van der Waals surface area contributed by atoms with E-state index in [-0.39, 0.29) is 23.5 Å². The number of hydrogen-bond acceptors (Lipinski definition) is 4. The van der Waals surface area contributed by atoms with Crippen molar-refractivity contribution in [2.45, 2.75) is 46.1 Å². The number of carbonyl (C=O) groups excluding carboxylic acids is 3. The number of aromatic nitrogens is 2. The van der Waals surface area contributed by atoms with Gasteiger partial charge < -0.3 is 5.32 Å². The number of amides is 3. The molecule has 0 fully saturated rings. The first-order valence-corrected chi connectivity index (χ1v) is 11.4. The highest BCUT2D eigenvalue weighted by atomic mass is 19.1. The quantitative estimate of drug-likeness (QED) is 0.375. The SMILES string of the molecule is Cc1nn(Cc2ccc(F)cc2)c(C)c1NC(=O)CCCCCN1C(=O)c2ccccc2C1=O. The van der Waals surface area contributed by atoms with Gasteiger partial charge in [0, 0.05) is 13.0 Å². The van der Waals surface area contributed by atoms with Gasteiger partial charge in [0.1, 0.15) is 5.82 Å². The smallest absolute Gasteiger partial charge is 0.261 e. The number of rotatable bonds is 9. The molecule has 1 aliphatic rings. The zero-order valence-corrected chi connectivity index (χ0v) is 19.3. The summed E-state index contributed by atoms with van der Waals surface area (Å²) in [6, 6.07) is 13.1. The predicted octanol–water partition coefficient (Wildman–Crippen LogP) is 4.48. The second-order valence-electron chi connectivity index (χ2n) is 8.50. The van der Waals surface area contributed by atoms with Crippen LogP contribution in [0.5, 0.6) is 0 Å². The summed E-state index contributed by atoms with van der Waals surface area (Å²) in [6.45, 7) is 4.57. The summed E-state index contributed by atoms with van der Waals surface area (Å²) in [4.78, 5) is 38.6. The zero-order valence-electron chi connectivity index (χ0n) is 19.3. The number of carbonyl (C=O) groups is 3. The number of aryl methyl sites for hydroxylation is 1. The van der Waals surface area contributed by atoms with E-state index in [2.05, 4.69) is 10.4 Å². The summed E-state index contributed by atoms with van der Waals surface area (Å²) in [6.07, 6.45) is 2.36. The molecule has 0 saturated heterocycles. The molecule has 8 heteroatoms. The molecule has 4 rings (SSSR count). The summed E-state index contributed by atoms with van der Waals surface area (Å²) >= 11 is 0. The molecule has 0 radical (unpaired) electrons. The van der Waals surface area contributed by atoms with Gasteiger partial charge in [-0.25, -0.2) is 4.39 Å². The van der Waals surface area contributed by atoms with E-state index in [1.807, 2.05) is 13.8 Å². The van der Waals surface area contributed by atoms with Crippen molar-refractivity contribution >= 4 is 23.4 Å². The predicted molar refractivity (Wildman–Crippen MR) is 126 cm³/mol. The molecule has 1 N–H and O–H groups in total. The maximum atomic E-state index is 13.1. The Morgan fingerprint density at radius 2 is 1.59 bits per heavy atom. The number of nitrogens with zero attached hydrogens (tertiary/aromatic N) is 3. The molecular formula is C26H27FN4O3. The van der Waals surface area contributed by atoms with Crippen LogP contribution in [0.15, 0.2) is 48.5 Å². The number of halogens is 1. The van der Waals surface area contributed by atoms with Gasteiger partial charge in [-0.15, -0.1) is 0 Å². The first-order valence-electron chi connectivity index (χ1n) is 11.4. The summed E-state index contributed by atoms with van der Waals surface area (Å²) in [5.41, 5.74) is 4.08. The van der Waals surface area contributed by atoms with E-state index in [9.17, 15) is 18.8 Å². The van der Waals surface area contributed by atoms with Crippen LogP contribution < -0.4 is 5.32 Å². The number of fused-ring (bicyclic) bond motifs is 1. The molecule has 2 aromatic carbocycles. The van der Waals surface area contributed by atoms with Crippen molar-refractivity contribution in [1.82, 2.24) is 14.7 Å². The van der Waals surface area contributed by atoms with Crippen LogP contribution in [0.1, 0.15) is 63.4 Å². The lowest BCUT2D eigenvalue weighted by Gasteiger charge is -2.13. The Kier molecular flexibility index (Phi) is 6.86. The molecule has 1 aromatic heterocycles. The van der Waals surface area contributed by atoms with Crippen LogP contribution in [0.4, 0.5) is 10.1 Å². The average Bonchev–Trinajstić information content (AvgIpc) is 3.22. The van der Waals surface area contributed by atoms with Gasteiger partial charge in [0.25, 0.3) is 11.8 Å². The first-order chi connectivity index (χ1) is 16.3. The van der Waals surface area contributed by atoms with Crippen molar-refractivity contribution in [3.63, 3.8) is 0 Å². The van der Waals surface area contributed by atoms with Crippen LogP contribution in [-0.4, -0.2) is 38.9 Å². The fraction of sp³-hybridized carbons (Fsp3) is 0.308. The van der Waals surface area contributed by atoms with Crippen LogP contribution in [0.25, 0.3) is 0 Å². The molecule has 34 heavy (non-hydrogen) atoms. The molecule has 7 nitrogen and oxygen atoms in total. The van der Waals surface area contributed by atoms with Crippen molar-refractivity contribution in [3.05, 3.63) is 82.4 Å². The summed E-state index contributed by atoms with van der Waals surface area (Å²) in [5, 5.41) is 7.46. The van der Waals surface area contributed by atoms with E-state index in [4.69, 9.17) is 0 Å². The number of anilines is 1. The molecule has 2 heterocycles. The Morgan fingerprint density at radius 3 is 2.24 bits per heavy atom. The lowest BCUT2D eigenvalue weighted by molar-refractivity contribution is -0.116. The molecule has 0 spiro atoms. The van der Waals surface area contributed by atoms with Gasteiger partial charge in [-0.2, -0.15) is 5.10 Å². The zero-order chi connectivity index (χ0) is 24.2. The number of unbranched alkanes of at least 4 members (excludes halogenated alkanes) is 2. The normalized spacial score (nSPS) is 12.9. The Bertz CT molecular complexity index is 1200. The number of nitrogens with one attached hydrogen (secondary N) is 1. The van der Waals surface area contributed by atoms with Gasteiger partial charge in [0.05, 0.1) is 34.7 Å². The van der Waals surface area contributed by atoms with Crippen LogP contribution >= 0.6 is 0 Å². The lowest BCUT2D eigenvalue weighted by atomic mass is 10.1. The fourth-order valence-corrected chi connectivity index (χ4v) is 4.17. The molecule has 176 valence electrons. The fourth-order valence-electron chi connectivity index (χ4n) is 4.17. The van der Waals surface area contributed by atoms with Crippen LogP contribution in [0.2, 0.25) is 0 Å². The number of benzene rings is 2. The molecule has 0 atom stereocenters. The Hall–Kier alpha value is -3.81. The molecule has 1 aliphatic heterocycles. The minimum Gasteiger partial charge on any atom is -0.323 e. The maximum Gasteiger partial charge on any atom is 0.261 e. The minimum atomic E-state index is -0.284. The minimum absolute atomic E-state index is 0.103. The van der Waals surface area contributed by atoms with Crippen LogP contribution in [0, 0.1) is 19.7 Å². The average molecular weight is 463 g/mol. The Morgan fingerprint density at radius 1 is 0.941 bits per heavy atom. The Labute approximate surface area is 197 Å². The first kappa shape index (κ1) is 23.4. The van der Waals surface area contributed by atoms with Crippen molar-refractivity contribution in [2.75, 3.05) is 11.9 Å². The van der Waals surface area contributed by atoms with Crippen molar-refractivity contribution in [3.8, 4) is 0 Å².